The van der Waals surface area contributed by atoms with Crippen molar-refractivity contribution in [3.63, 3.8) is 0 Å². The number of urea groups is 1. The number of hydrogen-bond acceptors (Lipinski definition) is 4. The topological polar surface area (TPSA) is 87.2 Å². The molecule has 0 bridgehead atoms. The molecule has 0 aromatic heterocycles. The van der Waals surface area contributed by atoms with Crippen LogP contribution in [0.15, 0.2) is 0 Å². The fourth-order valence-corrected chi connectivity index (χ4v) is 2.02. The molecule has 1 aliphatic heterocycles. The Balaban J connectivity index is 2.30. The molecule has 1 rings (SSSR count). The van der Waals surface area contributed by atoms with Gasteiger partial charge in [-0.05, 0) is 6.92 Å². The molecule has 1 fully saturated rings. The van der Waals surface area contributed by atoms with Gasteiger partial charge in [0.2, 0.25) is 0 Å². The van der Waals surface area contributed by atoms with Crippen molar-refractivity contribution < 1.29 is 24.2 Å². The van der Waals surface area contributed by atoms with Gasteiger partial charge in [-0.25, -0.2) is 4.79 Å². The van der Waals surface area contributed by atoms with Crippen molar-refractivity contribution in [2.45, 2.75) is 20.3 Å². The average molecular weight is 286 g/mol. The highest BCUT2D eigenvalue weighted by atomic mass is 16.5. The normalized spacial score (nSPS) is 16.2. The van der Waals surface area contributed by atoms with Crippen molar-refractivity contribution in [3.8, 4) is 0 Å². The van der Waals surface area contributed by atoms with Crippen LogP contribution in [0.1, 0.15) is 20.3 Å². The van der Waals surface area contributed by atoms with Crippen molar-refractivity contribution in [2.75, 3.05) is 33.3 Å². The third kappa shape index (κ3) is 4.11. The van der Waals surface area contributed by atoms with E-state index in [2.05, 4.69) is 0 Å². The molecule has 1 aliphatic rings. The minimum Gasteiger partial charge on any atom is -0.481 e. The van der Waals surface area contributed by atoms with Crippen LogP contribution in [0.3, 0.4) is 0 Å². The lowest BCUT2D eigenvalue weighted by Gasteiger charge is -2.42. The van der Waals surface area contributed by atoms with E-state index in [-0.39, 0.29) is 24.3 Å². The van der Waals surface area contributed by atoms with Gasteiger partial charge < -0.3 is 19.6 Å². The summed E-state index contributed by atoms with van der Waals surface area (Å²) >= 11 is 0. The molecule has 1 unspecified atom stereocenters. The quantitative estimate of drug-likeness (QED) is 0.724. The highest BCUT2D eigenvalue weighted by Crippen LogP contribution is 2.24. The van der Waals surface area contributed by atoms with Crippen LogP contribution in [0.5, 0.6) is 0 Å². The molecule has 0 aromatic rings. The van der Waals surface area contributed by atoms with Crippen LogP contribution in [-0.4, -0.2) is 66.2 Å². The lowest BCUT2D eigenvalue weighted by molar-refractivity contribution is -0.145. The first-order valence-electron chi connectivity index (χ1n) is 6.75. The Morgan fingerprint density at radius 1 is 1.40 bits per heavy atom. The molecule has 0 aromatic carbocycles. The van der Waals surface area contributed by atoms with E-state index in [4.69, 9.17) is 9.84 Å². The van der Waals surface area contributed by atoms with Gasteiger partial charge in [-0.3, -0.25) is 9.59 Å². The monoisotopic (exact) mass is 286 g/mol. The third-order valence-electron chi connectivity index (χ3n) is 3.56. The molecule has 0 radical (unpaired) electrons. The number of amides is 2. The number of carboxylic acid groups (broad SMARTS) is 1. The van der Waals surface area contributed by atoms with E-state index < -0.39 is 11.9 Å². The Hall–Kier alpha value is -1.79. The Kier molecular flexibility index (Phi) is 5.79. The fourth-order valence-electron chi connectivity index (χ4n) is 2.02. The van der Waals surface area contributed by atoms with Crippen LogP contribution in [0.4, 0.5) is 4.79 Å². The number of carbonyl (C=O) groups is 3. The predicted octanol–water partition coefficient (Wildman–Crippen LogP) is 0.644. The van der Waals surface area contributed by atoms with Crippen LogP contribution in [0.2, 0.25) is 0 Å². The second-order valence-corrected chi connectivity index (χ2v) is 5.05. The zero-order valence-corrected chi connectivity index (χ0v) is 12.2. The molecule has 0 spiro atoms. The summed E-state index contributed by atoms with van der Waals surface area (Å²) in [7, 11) is 1.62. The minimum atomic E-state index is -0.835. The number of likely N-dealkylation sites (tertiary alicyclic amines) is 1. The van der Waals surface area contributed by atoms with Crippen molar-refractivity contribution in [1.82, 2.24) is 9.80 Å². The van der Waals surface area contributed by atoms with Gasteiger partial charge in [-0.2, -0.15) is 0 Å². The van der Waals surface area contributed by atoms with E-state index in [1.54, 1.807) is 25.8 Å². The summed E-state index contributed by atoms with van der Waals surface area (Å²) in [6, 6.07) is -0.178. The number of carbonyl (C=O) groups excluding carboxylic acids is 2. The first-order valence-corrected chi connectivity index (χ1v) is 6.75. The average Bonchev–Trinajstić information content (AvgIpc) is 2.33. The maximum atomic E-state index is 12.0. The van der Waals surface area contributed by atoms with Crippen LogP contribution < -0.4 is 0 Å². The first-order chi connectivity index (χ1) is 9.36. The maximum absolute atomic E-state index is 12.0. The molecule has 0 aliphatic carbocycles. The molecule has 1 N–H and O–H groups in total. The summed E-state index contributed by atoms with van der Waals surface area (Å²) in [4.78, 5) is 37.1. The predicted molar refractivity (Wildman–Crippen MR) is 71.1 cm³/mol. The Bertz CT molecular complexity index is 379. The summed E-state index contributed by atoms with van der Waals surface area (Å²) < 4.78 is 4.79. The molecule has 7 nitrogen and oxygen atoms in total. The van der Waals surface area contributed by atoms with Gasteiger partial charge in [0.1, 0.15) is 0 Å². The first kappa shape index (κ1) is 16.3. The van der Waals surface area contributed by atoms with Crippen LogP contribution in [-0.2, 0) is 14.3 Å². The van der Waals surface area contributed by atoms with Gasteiger partial charge in [0.25, 0.3) is 0 Å². The molecule has 7 heteroatoms. The third-order valence-corrected chi connectivity index (χ3v) is 3.56. The summed E-state index contributed by atoms with van der Waals surface area (Å²) in [6.45, 7) is 4.92. The Morgan fingerprint density at radius 2 is 2.00 bits per heavy atom. The molecule has 114 valence electrons. The minimum absolute atomic E-state index is 0.00917. The number of esters is 1. The van der Waals surface area contributed by atoms with Crippen molar-refractivity contribution in [2.24, 2.45) is 11.8 Å². The van der Waals surface area contributed by atoms with Gasteiger partial charge >= 0.3 is 18.0 Å². The van der Waals surface area contributed by atoms with E-state index in [0.29, 0.717) is 26.2 Å². The van der Waals surface area contributed by atoms with E-state index in [0.717, 1.165) is 0 Å². The smallest absolute Gasteiger partial charge is 0.319 e. The largest absolute Gasteiger partial charge is 0.481 e. The van der Waals surface area contributed by atoms with Gasteiger partial charge in [0.05, 0.1) is 18.9 Å². The van der Waals surface area contributed by atoms with E-state index in [1.165, 1.54) is 4.90 Å². The molecule has 1 saturated heterocycles. The standard InChI is InChI=1S/C13H22N2O5/c1-4-20-11(16)5-6-14(3)13(19)15-7-10(8-15)9(2)12(17)18/h9-10H,4-8H2,1-3H3,(H,17,18). The summed E-state index contributed by atoms with van der Waals surface area (Å²) in [5.74, 6) is -1.59. The highest BCUT2D eigenvalue weighted by Gasteiger charge is 2.38. The van der Waals surface area contributed by atoms with Crippen LogP contribution >= 0.6 is 0 Å². The summed E-state index contributed by atoms with van der Waals surface area (Å²) in [5, 5.41) is 8.88. The molecule has 20 heavy (non-hydrogen) atoms. The number of nitrogens with zero attached hydrogens (tertiary/aromatic N) is 2. The zero-order chi connectivity index (χ0) is 15.3. The molecule has 2 amide bonds. The van der Waals surface area contributed by atoms with E-state index in [1.807, 2.05) is 0 Å². The van der Waals surface area contributed by atoms with Crippen molar-refractivity contribution >= 4 is 18.0 Å². The Labute approximate surface area is 118 Å². The van der Waals surface area contributed by atoms with Crippen LogP contribution in [0, 0.1) is 11.8 Å². The Morgan fingerprint density at radius 3 is 2.50 bits per heavy atom. The molecule has 1 heterocycles. The lowest BCUT2D eigenvalue weighted by Crippen LogP contribution is -2.56. The SMILES string of the molecule is CCOC(=O)CCN(C)C(=O)N1CC(C(C)C(=O)O)C1. The number of aliphatic carboxylic acids is 1. The maximum Gasteiger partial charge on any atom is 0.319 e. The van der Waals surface area contributed by atoms with Crippen LogP contribution in [0.25, 0.3) is 0 Å². The summed E-state index contributed by atoms with van der Waals surface area (Å²) in [6.07, 6.45) is 0.166. The second kappa shape index (κ2) is 7.12. The van der Waals surface area contributed by atoms with Gasteiger partial charge in [-0.15, -0.1) is 0 Å². The van der Waals surface area contributed by atoms with Crippen molar-refractivity contribution in [3.05, 3.63) is 0 Å². The van der Waals surface area contributed by atoms with Gasteiger partial charge in [0, 0.05) is 32.6 Å². The second-order valence-electron chi connectivity index (χ2n) is 5.05. The number of rotatable bonds is 6. The number of carboxylic acids is 1. The molecular formula is C13H22N2O5. The fraction of sp³-hybridized carbons (Fsp3) is 0.769. The van der Waals surface area contributed by atoms with Gasteiger partial charge in [0.15, 0.2) is 0 Å². The molecular weight excluding hydrogens is 264 g/mol. The van der Waals surface area contributed by atoms with E-state index in [9.17, 15) is 14.4 Å². The number of hydrogen-bond donors (Lipinski definition) is 1. The van der Waals surface area contributed by atoms with Crippen molar-refractivity contribution in [1.29, 1.82) is 0 Å². The van der Waals surface area contributed by atoms with E-state index >= 15 is 0 Å². The molecule has 0 saturated carbocycles. The van der Waals surface area contributed by atoms with Gasteiger partial charge in [-0.1, -0.05) is 6.92 Å². The number of ether oxygens (including phenoxy) is 1. The lowest BCUT2D eigenvalue weighted by atomic mass is 9.87. The zero-order valence-electron chi connectivity index (χ0n) is 12.2. The summed E-state index contributed by atoms with van der Waals surface area (Å²) in [5.41, 5.74) is 0. The molecule has 1 atom stereocenters. The highest BCUT2D eigenvalue weighted by molar-refractivity contribution is 5.77.